The molecule has 0 aromatic heterocycles. The van der Waals surface area contributed by atoms with Gasteiger partial charge in [-0.05, 0) is 48.3 Å². The Kier molecular flexibility index (Phi) is 199. The number of carbonyl (C=O) groups excluding carboxylic acids is 2. The number of halogens is 38. The van der Waals surface area contributed by atoms with Crippen LogP contribution in [0.3, 0.4) is 0 Å². The molecule has 76 heavy (non-hydrogen) atoms. The normalized spacial score (nSPS) is 13.9. The second-order valence-corrected chi connectivity index (χ2v) is 11.1. The van der Waals surface area contributed by atoms with Gasteiger partial charge in [-0.3, -0.25) is 9.59 Å². The first kappa shape index (κ1) is 119. The van der Waals surface area contributed by atoms with Crippen LogP contribution in [0.2, 0.25) is 0 Å². The summed E-state index contributed by atoms with van der Waals surface area (Å²) < 4.78 is 304. The van der Waals surface area contributed by atoms with Crippen molar-refractivity contribution < 1.29 is 189 Å². The molecule has 2 saturated heterocycles. The number of aliphatic hydroxyl groups excluding tert-OH is 1. The van der Waals surface area contributed by atoms with Crippen LogP contribution < -0.4 is 0 Å². The molecule has 8 nitrogen and oxygen atoms in total. The molecule has 2 aliphatic heterocycles. The predicted molar refractivity (Wildman–Crippen MR) is 191 cm³/mol. The topological polar surface area (TPSA) is 110 Å². The number of hydrogen-bond donors (Lipinski definition) is 1. The fraction of sp³-hybridized carbons (Fsp3) is 0.533. The van der Waals surface area contributed by atoms with E-state index < -0.39 is 12.1 Å². The maximum atomic E-state index is 12.5. The van der Waals surface area contributed by atoms with Gasteiger partial charge in [0.1, 0.15) is 12.1 Å². The van der Waals surface area contributed by atoms with Crippen LogP contribution in [0, 0.1) is 23.7 Å². The molecular formula is C30H41F38N5O3. The highest BCUT2D eigenvalue weighted by Crippen LogP contribution is 2.34. The van der Waals surface area contributed by atoms with Crippen LogP contribution >= 0.6 is 0 Å². The Labute approximate surface area is 401 Å². The molecule has 0 spiro atoms. The van der Waals surface area contributed by atoms with Crippen LogP contribution in [0.1, 0.15) is 64.8 Å². The number of amides is 2. The van der Waals surface area contributed by atoms with Crippen molar-refractivity contribution in [2.45, 2.75) is 65.8 Å². The molecule has 470 valence electrons. The monoisotopic (exact) mass is 1240 g/mol. The van der Waals surface area contributed by atoms with Crippen molar-refractivity contribution in [1.29, 1.82) is 0 Å². The summed E-state index contributed by atoms with van der Waals surface area (Å²) in [5, 5.41) is 13.7. The predicted octanol–water partition coefficient (Wildman–Crippen LogP) is 21.7. The lowest BCUT2D eigenvalue weighted by molar-refractivity contribution is -0.137. The number of carbonyl (C=O) groups is 2. The molecule has 2 aliphatic rings. The van der Waals surface area contributed by atoms with Gasteiger partial charge in [-0.15, -0.1) is 0 Å². The smallest absolute Gasteiger partial charge is 0.252 e. The van der Waals surface area contributed by atoms with E-state index in [2.05, 4.69) is 37.7 Å². The number of rotatable bonds is 7. The zero-order valence-corrected chi connectivity index (χ0v) is 37.7. The van der Waals surface area contributed by atoms with E-state index in [9.17, 15) is 14.7 Å². The fourth-order valence-corrected chi connectivity index (χ4v) is 5.40. The van der Waals surface area contributed by atoms with E-state index in [0.29, 0.717) is 24.9 Å². The maximum Gasteiger partial charge on any atom is 0.252 e. The molecule has 2 unspecified atom stereocenters. The van der Waals surface area contributed by atoms with Crippen molar-refractivity contribution >= 4 is 11.8 Å². The molecule has 6 atom stereocenters. The maximum absolute atomic E-state index is 12.5. The lowest BCUT2D eigenvalue weighted by Gasteiger charge is -2.25. The number of azide groups is 1. The molecule has 2 heterocycles. The molecule has 2 aromatic carbocycles. The first-order chi connectivity index (χ1) is 37.1. The molecular weight excluding hydrogens is 1200 g/mol. The molecule has 0 saturated carbocycles. The highest BCUT2D eigenvalue weighted by molar-refractivity contribution is 5.85. The van der Waals surface area contributed by atoms with E-state index in [1.165, 1.54) is 0 Å². The summed E-state index contributed by atoms with van der Waals surface area (Å²) in [6.07, 6.45) is -0.837. The summed E-state index contributed by atoms with van der Waals surface area (Å²) >= 11 is 0. The number of likely N-dealkylation sites (tertiary alicyclic amines) is 2. The Morgan fingerprint density at radius 1 is 0.408 bits per heavy atom. The summed E-state index contributed by atoms with van der Waals surface area (Å²) in [6.45, 7) is 13.6. The Hall–Kier alpha value is -6.01. The van der Waals surface area contributed by atoms with Crippen molar-refractivity contribution in [3.63, 3.8) is 0 Å². The Morgan fingerprint density at radius 3 is 0.816 bits per heavy atom. The van der Waals surface area contributed by atoms with Gasteiger partial charge in [0.05, 0.1) is 12.1 Å². The molecule has 2 amide bonds. The number of benzene rings is 2. The average molecular weight is 1240 g/mol. The summed E-state index contributed by atoms with van der Waals surface area (Å²) in [5.41, 5.74) is 10.9. The van der Waals surface area contributed by atoms with Gasteiger partial charge in [0.25, 0.3) is 5.91 Å². The molecule has 2 fully saturated rings. The van der Waals surface area contributed by atoms with Crippen LogP contribution in [0.5, 0.6) is 0 Å². The van der Waals surface area contributed by atoms with Gasteiger partial charge in [-0.2, -0.15) is 0 Å². The molecule has 0 radical (unpaired) electrons. The lowest BCUT2D eigenvalue weighted by Crippen LogP contribution is -2.32. The summed E-state index contributed by atoms with van der Waals surface area (Å²) in [7, 11) is 0. The van der Waals surface area contributed by atoms with Gasteiger partial charge < -0.3 is 14.9 Å². The minimum atomic E-state index is -0.837. The third kappa shape index (κ3) is 64.1. The van der Waals surface area contributed by atoms with Gasteiger partial charge in [0.2, 0.25) is 5.91 Å². The van der Waals surface area contributed by atoms with Gasteiger partial charge in [-0.1, -0.05) is 93.5 Å². The number of aliphatic hydroxyl groups is 1. The molecule has 1 N–H and O–H groups in total. The third-order valence-corrected chi connectivity index (χ3v) is 8.09. The minimum absolute atomic E-state index is 0.00356. The van der Waals surface area contributed by atoms with Crippen molar-refractivity contribution in [2.75, 3.05) is 13.1 Å². The molecule has 2 aromatic rings. The van der Waals surface area contributed by atoms with E-state index in [0.717, 1.165) is 11.1 Å². The van der Waals surface area contributed by atoms with Gasteiger partial charge in [-0.25, -0.2) is 0 Å². The number of hydrogen-bond acceptors (Lipinski definition) is 4. The molecule has 4 rings (SSSR count). The Balaban J connectivity index is -0.0000000377. The van der Waals surface area contributed by atoms with E-state index in [4.69, 9.17) is 179 Å². The summed E-state index contributed by atoms with van der Waals surface area (Å²) in [6, 6.07) is 19.4. The first-order valence-corrected chi connectivity index (χ1v) is 16.2. The van der Waals surface area contributed by atoms with Crippen molar-refractivity contribution in [3.8, 4) is 0 Å². The van der Waals surface area contributed by atoms with E-state index in [-0.39, 0.29) is 35.7 Å². The second-order valence-electron chi connectivity index (χ2n) is 11.1. The SMILES string of the molecule is CC(C)C1CN([C@H](C)c2ccccc2)C(=O)C1O.CC(C)[C@H]1CN([C@H](C)c2ccccc2)C(=O)[C@H]1N=[N+]=[N-].FF.FF.FF.FF.FF.FF.FF.FF.FF.FF.FF.FF.FF.FF.FF.FF.FF.FF.FF. The quantitative estimate of drug-likeness (QED) is 0.129. The van der Waals surface area contributed by atoms with E-state index >= 15 is 0 Å². The molecule has 0 aliphatic carbocycles. The lowest BCUT2D eigenvalue weighted by atomic mass is 9.91. The molecule has 46 heteroatoms. The average Bonchev–Trinajstić information content (AvgIpc) is 4.06. The first-order valence-electron chi connectivity index (χ1n) is 16.2. The molecule has 0 bridgehead atoms. The highest BCUT2D eigenvalue weighted by atomic mass is 20.0. The van der Waals surface area contributed by atoms with Crippen LogP contribution in [-0.2, 0) is 9.59 Å². The zero-order chi connectivity index (χ0) is 66.0. The van der Waals surface area contributed by atoms with E-state index in [1.54, 1.807) is 4.90 Å². The van der Waals surface area contributed by atoms with Crippen LogP contribution in [-0.4, -0.2) is 52.0 Å². The second kappa shape index (κ2) is 128. The third-order valence-electron chi connectivity index (χ3n) is 8.09. The summed E-state index contributed by atoms with van der Waals surface area (Å²) in [5.74, 6) is 0.565. The van der Waals surface area contributed by atoms with Crippen LogP contribution in [0.4, 0.5) is 174 Å². The van der Waals surface area contributed by atoms with Crippen LogP contribution in [0.15, 0.2) is 65.8 Å². The Bertz CT molecular complexity index is 1190. The van der Waals surface area contributed by atoms with Gasteiger partial charge >= 0.3 is 0 Å². The number of nitrogens with zero attached hydrogens (tertiary/aromatic N) is 5. The van der Waals surface area contributed by atoms with Crippen LogP contribution in [0.25, 0.3) is 10.4 Å². The van der Waals surface area contributed by atoms with E-state index in [1.807, 2.05) is 79.4 Å². The largest absolute Gasteiger partial charge is 0.383 e. The van der Waals surface area contributed by atoms with Crippen molar-refractivity contribution in [1.82, 2.24) is 9.80 Å². The minimum Gasteiger partial charge on any atom is -0.383 e. The Morgan fingerprint density at radius 2 is 0.618 bits per heavy atom. The standard InChI is InChI=1S/C15H20N4O.C15H21NO2.19F2/c1-10(2)13-9-19(15(20)14(13)17-18-16)11(3)12-7-5-4-6-8-12;1-10(2)13-9-16(15(18)14(13)17)11(3)12-7-5-4-6-8-12;19*1-2/h4-8,10-11,13-14H,9H2,1-3H3;4-8,10-11,13-14,17H,9H2,1-3H3;;;;;;;;;;;;;;;;;;;/t11-,13-,14+;11-,13?,14?;;;;;;;;;;;;;;;;;;;/m11.................../s1. The van der Waals surface area contributed by atoms with Crippen molar-refractivity contribution in [3.05, 3.63) is 82.2 Å². The summed E-state index contributed by atoms with van der Waals surface area (Å²) in [4.78, 5) is 31.1. The van der Waals surface area contributed by atoms with Gasteiger partial charge in [0, 0.05) is 198 Å². The van der Waals surface area contributed by atoms with Gasteiger partial charge in [0.15, 0.2) is 0 Å². The zero-order valence-electron chi connectivity index (χ0n) is 37.7. The highest BCUT2D eigenvalue weighted by Gasteiger charge is 2.44. The van der Waals surface area contributed by atoms with Crippen molar-refractivity contribution in [2.24, 2.45) is 28.8 Å². The fourth-order valence-electron chi connectivity index (χ4n) is 5.40.